The summed E-state index contributed by atoms with van der Waals surface area (Å²) >= 11 is 2.73. The SMILES string of the molecule is Cn1c(SCC(=O)c2ccc(CC(=O)N3CCOCC3)s2)nnc1-c1cccnc1. The number of thioether (sulfide) groups is 1. The molecule has 0 aliphatic carbocycles. The maximum absolute atomic E-state index is 12.6. The maximum Gasteiger partial charge on any atom is 0.227 e. The van der Waals surface area contributed by atoms with Crippen molar-refractivity contribution in [2.45, 2.75) is 11.6 Å². The lowest BCUT2D eigenvalue weighted by molar-refractivity contribution is -0.134. The molecule has 1 aliphatic rings. The molecule has 0 aromatic carbocycles. The molecule has 0 spiro atoms. The first-order valence-electron chi connectivity index (χ1n) is 9.52. The van der Waals surface area contributed by atoms with Crippen LogP contribution in [0, 0.1) is 0 Å². The predicted octanol–water partition coefficient (Wildman–Crippen LogP) is 2.31. The van der Waals surface area contributed by atoms with Gasteiger partial charge in [-0.25, -0.2) is 0 Å². The van der Waals surface area contributed by atoms with Crippen LogP contribution in [0.2, 0.25) is 0 Å². The zero-order valence-electron chi connectivity index (χ0n) is 16.5. The van der Waals surface area contributed by atoms with Crippen molar-refractivity contribution in [1.82, 2.24) is 24.6 Å². The van der Waals surface area contributed by atoms with Crippen molar-refractivity contribution in [2.24, 2.45) is 7.05 Å². The molecule has 0 bridgehead atoms. The van der Waals surface area contributed by atoms with Crippen LogP contribution in [0.15, 0.2) is 41.8 Å². The van der Waals surface area contributed by atoms with Crippen molar-refractivity contribution in [1.29, 1.82) is 0 Å². The molecular weight excluding hydrogens is 422 g/mol. The highest BCUT2D eigenvalue weighted by Gasteiger charge is 2.19. The third-order valence-electron chi connectivity index (χ3n) is 4.71. The van der Waals surface area contributed by atoms with Crippen LogP contribution >= 0.6 is 23.1 Å². The number of Topliss-reactive ketones (excluding diaryl/α,β-unsaturated/α-hetero) is 1. The lowest BCUT2D eigenvalue weighted by Crippen LogP contribution is -2.41. The Kier molecular flexibility index (Phi) is 6.56. The van der Waals surface area contributed by atoms with Gasteiger partial charge >= 0.3 is 0 Å². The van der Waals surface area contributed by atoms with E-state index in [0.29, 0.717) is 48.6 Å². The van der Waals surface area contributed by atoms with Gasteiger partial charge in [-0.3, -0.25) is 14.6 Å². The van der Waals surface area contributed by atoms with E-state index in [0.717, 1.165) is 10.4 Å². The molecule has 10 heteroatoms. The van der Waals surface area contributed by atoms with Gasteiger partial charge in [-0.2, -0.15) is 0 Å². The fourth-order valence-corrected chi connectivity index (χ4v) is 4.91. The second kappa shape index (κ2) is 9.50. The highest BCUT2D eigenvalue weighted by molar-refractivity contribution is 7.99. The summed E-state index contributed by atoms with van der Waals surface area (Å²) in [6.45, 7) is 2.43. The standard InChI is InChI=1S/C20H21N5O3S2/c1-24-19(14-3-2-6-21-12-14)22-23-20(24)29-13-16(26)17-5-4-15(30-17)11-18(27)25-7-9-28-10-8-25/h2-6,12H,7-11,13H2,1H3. The minimum absolute atomic E-state index is 0.0148. The number of carbonyl (C=O) groups is 2. The van der Waals surface area contributed by atoms with E-state index in [1.54, 1.807) is 18.5 Å². The van der Waals surface area contributed by atoms with Crippen LogP contribution in [0.1, 0.15) is 14.5 Å². The zero-order chi connectivity index (χ0) is 20.9. The lowest BCUT2D eigenvalue weighted by Gasteiger charge is -2.26. The van der Waals surface area contributed by atoms with Crippen LogP contribution in [0.4, 0.5) is 0 Å². The number of rotatable bonds is 7. The van der Waals surface area contributed by atoms with Crippen LogP contribution < -0.4 is 0 Å². The quantitative estimate of drug-likeness (QED) is 0.409. The summed E-state index contributed by atoms with van der Waals surface area (Å²) in [5.74, 6) is 1.06. The summed E-state index contributed by atoms with van der Waals surface area (Å²) in [6.07, 6.45) is 3.76. The van der Waals surface area contributed by atoms with Gasteiger partial charge in [0, 0.05) is 43.0 Å². The van der Waals surface area contributed by atoms with E-state index < -0.39 is 0 Å². The van der Waals surface area contributed by atoms with E-state index in [1.165, 1.54) is 23.1 Å². The average Bonchev–Trinajstić information content (AvgIpc) is 3.40. The maximum atomic E-state index is 12.6. The van der Waals surface area contributed by atoms with Gasteiger partial charge in [0.15, 0.2) is 16.8 Å². The van der Waals surface area contributed by atoms with Crippen molar-refractivity contribution >= 4 is 34.8 Å². The molecule has 0 saturated carbocycles. The van der Waals surface area contributed by atoms with Gasteiger partial charge in [0.05, 0.1) is 30.3 Å². The van der Waals surface area contributed by atoms with E-state index in [2.05, 4.69) is 15.2 Å². The Balaban J connectivity index is 1.34. The Bertz CT molecular complexity index is 1030. The first-order chi connectivity index (χ1) is 14.6. The first kappa shape index (κ1) is 20.7. The average molecular weight is 444 g/mol. The van der Waals surface area contributed by atoms with E-state index in [-0.39, 0.29) is 17.4 Å². The third-order valence-corrected chi connectivity index (χ3v) is 6.86. The lowest BCUT2D eigenvalue weighted by atomic mass is 10.3. The number of carbonyl (C=O) groups excluding carboxylic acids is 2. The molecule has 4 heterocycles. The molecule has 3 aromatic heterocycles. The van der Waals surface area contributed by atoms with Crippen molar-refractivity contribution in [3.63, 3.8) is 0 Å². The number of amides is 1. The summed E-state index contributed by atoms with van der Waals surface area (Å²) in [7, 11) is 1.87. The zero-order valence-corrected chi connectivity index (χ0v) is 18.1. The molecular formula is C20H21N5O3S2. The van der Waals surface area contributed by atoms with E-state index in [4.69, 9.17) is 4.74 Å². The first-order valence-corrected chi connectivity index (χ1v) is 11.3. The van der Waals surface area contributed by atoms with Crippen molar-refractivity contribution in [3.05, 3.63) is 46.4 Å². The van der Waals surface area contributed by atoms with Crippen LogP contribution in [-0.2, 0) is 23.0 Å². The van der Waals surface area contributed by atoms with Crippen LogP contribution in [0.3, 0.4) is 0 Å². The highest BCUT2D eigenvalue weighted by Crippen LogP contribution is 2.25. The molecule has 1 fully saturated rings. The summed E-state index contributed by atoms with van der Waals surface area (Å²) < 4.78 is 7.14. The van der Waals surface area contributed by atoms with E-state index in [1.807, 2.05) is 34.7 Å². The van der Waals surface area contributed by atoms with Crippen LogP contribution in [-0.4, -0.2) is 68.4 Å². The number of pyridine rings is 1. The molecule has 1 aliphatic heterocycles. The number of ketones is 1. The van der Waals surface area contributed by atoms with Gasteiger partial charge in [-0.05, 0) is 24.3 Å². The number of morpholine rings is 1. The molecule has 4 rings (SSSR count). The fourth-order valence-electron chi connectivity index (χ4n) is 3.08. The number of ether oxygens (including phenoxy) is 1. The predicted molar refractivity (Wildman–Crippen MR) is 115 cm³/mol. The minimum atomic E-state index is 0.0148. The number of hydrogen-bond acceptors (Lipinski definition) is 8. The Morgan fingerprint density at radius 1 is 1.20 bits per heavy atom. The van der Waals surface area contributed by atoms with Gasteiger partial charge in [-0.1, -0.05) is 11.8 Å². The van der Waals surface area contributed by atoms with Crippen LogP contribution in [0.5, 0.6) is 0 Å². The molecule has 0 unspecified atom stereocenters. The number of nitrogens with zero attached hydrogens (tertiary/aromatic N) is 5. The molecule has 0 N–H and O–H groups in total. The van der Waals surface area contributed by atoms with Gasteiger partial charge in [0.25, 0.3) is 0 Å². The Labute approximate surface area is 182 Å². The molecule has 0 atom stereocenters. The Morgan fingerprint density at radius 3 is 2.80 bits per heavy atom. The molecule has 156 valence electrons. The van der Waals surface area contributed by atoms with Crippen molar-refractivity contribution in [3.8, 4) is 11.4 Å². The molecule has 1 amide bonds. The number of aromatic nitrogens is 4. The monoisotopic (exact) mass is 443 g/mol. The second-order valence-corrected chi connectivity index (χ2v) is 8.87. The van der Waals surface area contributed by atoms with Gasteiger partial charge in [-0.15, -0.1) is 21.5 Å². The smallest absolute Gasteiger partial charge is 0.227 e. The summed E-state index contributed by atoms with van der Waals surface area (Å²) in [6, 6.07) is 7.43. The molecule has 30 heavy (non-hydrogen) atoms. The summed E-state index contributed by atoms with van der Waals surface area (Å²) in [5, 5.41) is 9.07. The van der Waals surface area contributed by atoms with E-state index in [9.17, 15) is 9.59 Å². The minimum Gasteiger partial charge on any atom is -0.378 e. The topological polar surface area (TPSA) is 90.2 Å². The second-order valence-electron chi connectivity index (χ2n) is 6.75. The van der Waals surface area contributed by atoms with Gasteiger partial charge < -0.3 is 14.2 Å². The summed E-state index contributed by atoms with van der Waals surface area (Å²) in [5.41, 5.74) is 0.874. The Hall–Kier alpha value is -2.56. The molecule has 0 radical (unpaired) electrons. The Morgan fingerprint density at radius 2 is 2.03 bits per heavy atom. The fraction of sp³-hybridized carbons (Fsp3) is 0.350. The van der Waals surface area contributed by atoms with Crippen molar-refractivity contribution < 1.29 is 14.3 Å². The van der Waals surface area contributed by atoms with Gasteiger partial charge in [0.2, 0.25) is 5.91 Å². The largest absolute Gasteiger partial charge is 0.378 e. The number of hydrogen-bond donors (Lipinski definition) is 0. The number of thiophene rings is 1. The normalized spacial score (nSPS) is 14.1. The van der Waals surface area contributed by atoms with Gasteiger partial charge in [0.1, 0.15) is 0 Å². The highest BCUT2D eigenvalue weighted by atomic mass is 32.2. The third kappa shape index (κ3) is 4.77. The van der Waals surface area contributed by atoms with E-state index >= 15 is 0 Å². The van der Waals surface area contributed by atoms with Crippen LogP contribution in [0.25, 0.3) is 11.4 Å². The molecule has 3 aromatic rings. The van der Waals surface area contributed by atoms with Crippen molar-refractivity contribution in [2.75, 3.05) is 32.1 Å². The molecule has 1 saturated heterocycles. The molecule has 8 nitrogen and oxygen atoms in total. The summed E-state index contributed by atoms with van der Waals surface area (Å²) in [4.78, 5) is 32.5.